The standard InChI is InChI=1S/C18H21ClN2O2S/c1-3-11-21(12-16-9-10-17(19)24-16)13-18(22)20-14-5-7-15(8-6-14)23-4-2/h3,5-10H,1,4,11-13H2,2H3,(H,20,22). The first kappa shape index (κ1) is 18.5. The van der Waals surface area contributed by atoms with Crippen molar-refractivity contribution < 1.29 is 9.53 Å². The molecule has 4 nitrogen and oxygen atoms in total. The normalized spacial score (nSPS) is 10.6. The zero-order chi connectivity index (χ0) is 17.4. The van der Waals surface area contributed by atoms with E-state index in [0.29, 0.717) is 19.7 Å². The van der Waals surface area contributed by atoms with Gasteiger partial charge in [0.15, 0.2) is 0 Å². The molecule has 0 fully saturated rings. The molecule has 0 atom stereocenters. The fourth-order valence-corrected chi connectivity index (χ4v) is 3.36. The topological polar surface area (TPSA) is 41.6 Å². The van der Waals surface area contributed by atoms with Gasteiger partial charge in [-0.25, -0.2) is 0 Å². The van der Waals surface area contributed by atoms with Crippen molar-refractivity contribution in [1.82, 2.24) is 4.90 Å². The lowest BCUT2D eigenvalue weighted by Crippen LogP contribution is -2.32. The Morgan fingerprint density at radius 1 is 1.33 bits per heavy atom. The molecule has 0 saturated carbocycles. The number of anilines is 1. The van der Waals surface area contributed by atoms with Gasteiger partial charge < -0.3 is 10.1 Å². The molecular formula is C18H21ClN2O2S. The molecule has 1 heterocycles. The lowest BCUT2D eigenvalue weighted by molar-refractivity contribution is -0.117. The molecule has 0 bridgehead atoms. The molecule has 0 saturated heterocycles. The number of ether oxygens (including phenoxy) is 1. The molecule has 0 aliphatic carbocycles. The SMILES string of the molecule is C=CCN(CC(=O)Nc1ccc(OCC)cc1)Cc1ccc(Cl)s1. The summed E-state index contributed by atoms with van der Waals surface area (Å²) < 4.78 is 6.14. The second kappa shape index (κ2) is 9.47. The highest BCUT2D eigenvalue weighted by Crippen LogP contribution is 2.22. The first-order valence-electron chi connectivity index (χ1n) is 7.71. The third-order valence-electron chi connectivity index (χ3n) is 3.21. The number of halogens is 1. The van der Waals surface area contributed by atoms with Crippen LogP contribution in [-0.4, -0.2) is 30.5 Å². The number of nitrogens with zero attached hydrogens (tertiary/aromatic N) is 1. The zero-order valence-electron chi connectivity index (χ0n) is 13.6. The van der Waals surface area contributed by atoms with E-state index in [1.165, 1.54) is 11.3 Å². The summed E-state index contributed by atoms with van der Waals surface area (Å²) in [5.74, 6) is 0.724. The third kappa shape index (κ3) is 6.00. The van der Waals surface area contributed by atoms with E-state index >= 15 is 0 Å². The summed E-state index contributed by atoms with van der Waals surface area (Å²) in [6.45, 7) is 7.90. The highest BCUT2D eigenvalue weighted by Gasteiger charge is 2.12. The number of hydrogen-bond donors (Lipinski definition) is 1. The van der Waals surface area contributed by atoms with Gasteiger partial charge in [-0.1, -0.05) is 17.7 Å². The van der Waals surface area contributed by atoms with E-state index in [4.69, 9.17) is 16.3 Å². The van der Waals surface area contributed by atoms with Crippen molar-refractivity contribution in [3.63, 3.8) is 0 Å². The van der Waals surface area contributed by atoms with Crippen molar-refractivity contribution in [1.29, 1.82) is 0 Å². The summed E-state index contributed by atoms with van der Waals surface area (Å²) in [7, 11) is 0. The molecule has 1 amide bonds. The number of carbonyl (C=O) groups is 1. The first-order valence-corrected chi connectivity index (χ1v) is 8.90. The van der Waals surface area contributed by atoms with E-state index < -0.39 is 0 Å². The highest BCUT2D eigenvalue weighted by atomic mass is 35.5. The lowest BCUT2D eigenvalue weighted by atomic mass is 10.3. The van der Waals surface area contributed by atoms with E-state index in [9.17, 15) is 4.79 Å². The van der Waals surface area contributed by atoms with E-state index in [1.807, 2.05) is 48.2 Å². The van der Waals surface area contributed by atoms with Crippen LogP contribution in [0.15, 0.2) is 49.1 Å². The Labute approximate surface area is 151 Å². The maximum atomic E-state index is 12.3. The Morgan fingerprint density at radius 3 is 2.67 bits per heavy atom. The van der Waals surface area contributed by atoms with Crippen molar-refractivity contribution in [2.45, 2.75) is 13.5 Å². The number of thiophene rings is 1. The van der Waals surface area contributed by atoms with Gasteiger partial charge in [-0.15, -0.1) is 17.9 Å². The van der Waals surface area contributed by atoms with Gasteiger partial charge >= 0.3 is 0 Å². The van der Waals surface area contributed by atoms with Gasteiger partial charge in [-0.2, -0.15) is 0 Å². The second-order valence-corrected chi connectivity index (χ2v) is 6.97. The van der Waals surface area contributed by atoms with Crippen LogP contribution in [-0.2, 0) is 11.3 Å². The average Bonchev–Trinajstić information content (AvgIpc) is 2.95. The molecule has 24 heavy (non-hydrogen) atoms. The number of nitrogens with one attached hydrogen (secondary N) is 1. The molecular weight excluding hydrogens is 344 g/mol. The molecule has 6 heteroatoms. The van der Waals surface area contributed by atoms with Crippen molar-refractivity contribution in [2.24, 2.45) is 0 Å². The van der Waals surface area contributed by atoms with E-state index in [0.717, 1.165) is 20.7 Å². The van der Waals surface area contributed by atoms with Gasteiger partial charge in [0.2, 0.25) is 5.91 Å². The number of benzene rings is 1. The summed E-state index contributed by atoms with van der Waals surface area (Å²) >= 11 is 7.48. The molecule has 128 valence electrons. The van der Waals surface area contributed by atoms with Crippen LogP contribution in [0.25, 0.3) is 0 Å². The van der Waals surface area contributed by atoms with E-state index in [1.54, 1.807) is 6.08 Å². The van der Waals surface area contributed by atoms with Gasteiger partial charge in [0, 0.05) is 23.7 Å². The summed E-state index contributed by atoms with van der Waals surface area (Å²) in [4.78, 5) is 15.4. The molecule has 0 unspecified atom stereocenters. The maximum absolute atomic E-state index is 12.3. The number of carbonyl (C=O) groups excluding carboxylic acids is 1. The van der Waals surface area contributed by atoms with Gasteiger partial charge in [-0.3, -0.25) is 9.69 Å². The first-order chi connectivity index (χ1) is 11.6. The number of rotatable bonds is 9. The molecule has 1 N–H and O–H groups in total. The molecule has 1 aromatic heterocycles. The minimum absolute atomic E-state index is 0.0661. The van der Waals surface area contributed by atoms with Crippen LogP contribution >= 0.6 is 22.9 Å². The van der Waals surface area contributed by atoms with Crippen LogP contribution in [0.2, 0.25) is 4.34 Å². The smallest absolute Gasteiger partial charge is 0.238 e. The lowest BCUT2D eigenvalue weighted by Gasteiger charge is -2.19. The van der Waals surface area contributed by atoms with Gasteiger partial charge in [0.05, 0.1) is 17.5 Å². The third-order valence-corrected chi connectivity index (χ3v) is 4.43. The van der Waals surface area contributed by atoms with Crippen LogP contribution in [0, 0.1) is 0 Å². The van der Waals surface area contributed by atoms with E-state index in [-0.39, 0.29) is 12.5 Å². The highest BCUT2D eigenvalue weighted by molar-refractivity contribution is 7.16. The van der Waals surface area contributed by atoms with Crippen LogP contribution in [0.5, 0.6) is 5.75 Å². The zero-order valence-corrected chi connectivity index (χ0v) is 15.2. The average molecular weight is 365 g/mol. The van der Waals surface area contributed by atoms with Crippen LogP contribution < -0.4 is 10.1 Å². The fourth-order valence-electron chi connectivity index (χ4n) is 2.23. The molecule has 2 aromatic rings. The minimum atomic E-state index is -0.0661. The predicted octanol–water partition coefficient (Wildman–Crippen LogP) is 4.43. The number of hydrogen-bond acceptors (Lipinski definition) is 4. The quantitative estimate of drug-likeness (QED) is 0.669. The second-order valence-electron chi connectivity index (χ2n) is 5.17. The number of amides is 1. The Hall–Kier alpha value is -1.82. The van der Waals surface area contributed by atoms with Crippen molar-refractivity contribution in [3.8, 4) is 5.75 Å². The van der Waals surface area contributed by atoms with Gasteiger partial charge in [0.25, 0.3) is 0 Å². The summed E-state index contributed by atoms with van der Waals surface area (Å²) in [6, 6.07) is 11.2. The molecule has 2 rings (SSSR count). The monoisotopic (exact) mass is 364 g/mol. The van der Waals surface area contributed by atoms with Crippen LogP contribution in [0.1, 0.15) is 11.8 Å². The summed E-state index contributed by atoms with van der Waals surface area (Å²) in [5.41, 5.74) is 0.751. The Kier molecular flexibility index (Phi) is 7.31. The van der Waals surface area contributed by atoms with Crippen molar-refractivity contribution >= 4 is 34.5 Å². The Bertz CT molecular complexity index is 670. The molecule has 1 aromatic carbocycles. The molecule has 0 aliphatic heterocycles. The Morgan fingerprint density at radius 2 is 2.08 bits per heavy atom. The molecule has 0 aliphatic rings. The van der Waals surface area contributed by atoms with Gasteiger partial charge in [0.1, 0.15) is 5.75 Å². The van der Waals surface area contributed by atoms with Crippen molar-refractivity contribution in [3.05, 3.63) is 58.3 Å². The van der Waals surface area contributed by atoms with Crippen LogP contribution in [0.3, 0.4) is 0 Å². The van der Waals surface area contributed by atoms with Crippen molar-refractivity contribution in [2.75, 3.05) is 25.0 Å². The van der Waals surface area contributed by atoms with Gasteiger partial charge in [-0.05, 0) is 43.3 Å². The summed E-state index contributed by atoms with van der Waals surface area (Å²) in [6.07, 6.45) is 1.79. The van der Waals surface area contributed by atoms with E-state index in [2.05, 4.69) is 11.9 Å². The largest absolute Gasteiger partial charge is 0.494 e. The summed E-state index contributed by atoms with van der Waals surface area (Å²) in [5, 5.41) is 2.90. The molecule has 0 spiro atoms. The molecule has 0 radical (unpaired) electrons. The minimum Gasteiger partial charge on any atom is -0.494 e. The predicted molar refractivity (Wildman–Crippen MR) is 101 cm³/mol. The van der Waals surface area contributed by atoms with Crippen LogP contribution in [0.4, 0.5) is 5.69 Å². The Balaban J connectivity index is 1.90. The maximum Gasteiger partial charge on any atom is 0.238 e. The fraction of sp³-hybridized carbons (Fsp3) is 0.278.